The van der Waals surface area contributed by atoms with E-state index >= 15 is 0 Å². The summed E-state index contributed by atoms with van der Waals surface area (Å²) in [5.74, 6) is -0.326. The van der Waals surface area contributed by atoms with Crippen molar-refractivity contribution < 1.29 is 19.4 Å². The Morgan fingerprint density at radius 3 is 2.32 bits per heavy atom. The fourth-order valence-corrected chi connectivity index (χ4v) is 3.39. The van der Waals surface area contributed by atoms with Gasteiger partial charge in [-0.3, -0.25) is 19.7 Å². The van der Waals surface area contributed by atoms with E-state index in [0.717, 1.165) is 10.6 Å². The summed E-state index contributed by atoms with van der Waals surface area (Å²) in [5.41, 5.74) is 0.863. The summed E-state index contributed by atoms with van der Waals surface area (Å²) in [6.07, 6.45) is 1.40. The Kier molecular flexibility index (Phi) is 6.33. The number of carbonyl (C=O) groups is 2. The smallest absolute Gasteiger partial charge is 0.292 e. The molecule has 2 aromatic carbocycles. The molecule has 1 aliphatic heterocycles. The molecule has 0 aromatic heterocycles. The average molecular weight is 383 g/mol. The number of quaternary nitrogens is 1. The third kappa shape index (κ3) is 5.14. The Balaban J connectivity index is 1.47. The van der Waals surface area contributed by atoms with Gasteiger partial charge in [0.05, 0.1) is 18.0 Å². The van der Waals surface area contributed by atoms with Crippen molar-refractivity contribution in [3.63, 3.8) is 0 Å². The van der Waals surface area contributed by atoms with Gasteiger partial charge in [-0.15, -0.1) is 0 Å². The van der Waals surface area contributed by atoms with Gasteiger partial charge < -0.3 is 15.5 Å². The fourth-order valence-electron chi connectivity index (χ4n) is 3.39. The van der Waals surface area contributed by atoms with Crippen LogP contribution in [0.5, 0.6) is 0 Å². The van der Waals surface area contributed by atoms with Gasteiger partial charge in [0, 0.05) is 30.5 Å². The number of para-hydroxylation sites is 3. The van der Waals surface area contributed by atoms with Gasteiger partial charge in [0.1, 0.15) is 5.69 Å². The van der Waals surface area contributed by atoms with Gasteiger partial charge in [0.15, 0.2) is 6.54 Å². The Morgan fingerprint density at radius 1 is 1.00 bits per heavy atom. The van der Waals surface area contributed by atoms with Crippen molar-refractivity contribution in [1.29, 1.82) is 0 Å². The summed E-state index contributed by atoms with van der Waals surface area (Å²) in [7, 11) is 0. The van der Waals surface area contributed by atoms with Crippen molar-refractivity contribution in [3.05, 3.63) is 64.7 Å². The van der Waals surface area contributed by atoms with Gasteiger partial charge in [0.25, 0.3) is 11.6 Å². The molecular formula is C20H23N4O4+. The van der Waals surface area contributed by atoms with E-state index < -0.39 is 4.92 Å². The largest absolute Gasteiger partial charge is 0.327 e. The highest BCUT2D eigenvalue weighted by Gasteiger charge is 2.29. The molecule has 3 N–H and O–H groups in total. The lowest BCUT2D eigenvalue weighted by molar-refractivity contribution is -0.897. The summed E-state index contributed by atoms with van der Waals surface area (Å²) < 4.78 is 0. The third-order valence-corrected chi connectivity index (χ3v) is 4.89. The predicted molar refractivity (Wildman–Crippen MR) is 105 cm³/mol. The maximum absolute atomic E-state index is 12.4. The summed E-state index contributed by atoms with van der Waals surface area (Å²) >= 11 is 0. The quantitative estimate of drug-likeness (QED) is 0.519. The predicted octanol–water partition coefficient (Wildman–Crippen LogP) is 1.47. The van der Waals surface area contributed by atoms with Crippen molar-refractivity contribution in [2.24, 2.45) is 5.92 Å². The first-order chi connectivity index (χ1) is 13.5. The second-order valence-corrected chi connectivity index (χ2v) is 6.88. The summed E-state index contributed by atoms with van der Waals surface area (Å²) in [6, 6.07) is 15.4. The highest BCUT2D eigenvalue weighted by molar-refractivity contribution is 5.94. The van der Waals surface area contributed by atoms with E-state index in [1.807, 2.05) is 30.3 Å². The van der Waals surface area contributed by atoms with E-state index in [4.69, 9.17) is 0 Å². The topological polar surface area (TPSA) is 106 Å². The number of nitro benzene ring substituents is 1. The van der Waals surface area contributed by atoms with Crippen LogP contribution in [0.3, 0.4) is 0 Å². The number of rotatable bonds is 6. The lowest BCUT2D eigenvalue weighted by atomic mass is 9.96. The molecule has 0 bridgehead atoms. The number of carbonyl (C=O) groups excluding carboxylic acids is 2. The van der Waals surface area contributed by atoms with Crippen LogP contribution in [0.4, 0.5) is 17.1 Å². The molecule has 1 heterocycles. The lowest BCUT2D eigenvalue weighted by Gasteiger charge is -2.28. The van der Waals surface area contributed by atoms with Crippen LogP contribution < -0.4 is 15.5 Å². The van der Waals surface area contributed by atoms with Gasteiger partial charge in [-0.05, 0) is 18.2 Å². The first-order valence-corrected chi connectivity index (χ1v) is 9.25. The molecule has 146 valence electrons. The van der Waals surface area contributed by atoms with Gasteiger partial charge in [0.2, 0.25) is 5.91 Å². The standard InChI is InChI=1S/C20H22N4O4/c25-19(22-17-8-4-5-9-18(17)24(27)28)14-23-12-10-15(11-13-23)20(26)21-16-6-2-1-3-7-16/h1-9,15H,10-14H2,(H,21,26)(H,22,25)/p+1. The number of amides is 2. The zero-order valence-corrected chi connectivity index (χ0v) is 15.4. The second-order valence-electron chi connectivity index (χ2n) is 6.88. The van der Waals surface area contributed by atoms with Crippen molar-refractivity contribution in [3.8, 4) is 0 Å². The van der Waals surface area contributed by atoms with Crippen LogP contribution in [-0.2, 0) is 9.59 Å². The zero-order valence-electron chi connectivity index (χ0n) is 15.4. The Hall–Kier alpha value is -3.26. The number of hydrogen-bond donors (Lipinski definition) is 3. The van der Waals surface area contributed by atoms with Gasteiger partial charge in [-0.2, -0.15) is 0 Å². The molecule has 0 aliphatic carbocycles. The van der Waals surface area contributed by atoms with Crippen LogP contribution in [0.25, 0.3) is 0 Å². The maximum Gasteiger partial charge on any atom is 0.292 e. The van der Waals surface area contributed by atoms with E-state index in [2.05, 4.69) is 10.6 Å². The number of hydrogen-bond acceptors (Lipinski definition) is 4. The Morgan fingerprint density at radius 2 is 1.64 bits per heavy atom. The molecule has 0 unspecified atom stereocenters. The molecule has 28 heavy (non-hydrogen) atoms. The van der Waals surface area contributed by atoms with Crippen LogP contribution in [-0.4, -0.2) is 36.4 Å². The average Bonchev–Trinajstić information content (AvgIpc) is 2.69. The molecule has 2 amide bonds. The van der Waals surface area contributed by atoms with Crippen LogP contribution in [0.1, 0.15) is 12.8 Å². The number of nitrogens with one attached hydrogen (secondary N) is 3. The molecule has 0 saturated carbocycles. The van der Waals surface area contributed by atoms with Crippen molar-refractivity contribution in [2.75, 3.05) is 30.3 Å². The lowest BCUT2D eigenvalue weighted by Crippen LogP contribution is -3.14. The molecule has 0 spiro atoms. The van der Waals surface area contributed by atoms with Crippen molar-refractivity contribution in [2.45, 2.75) is 12.8 Å². The van der Waals surface area contributed by atoms with E-state index in [0.29, 0.717) is 25.9 Å². The maximum atomic E-state index is 12.4. The van der Waals surface area contributed by atoms with E-state index in [-0.39, 0.29) is 35.7 Å². The Labute approximate surface area is 162 Å². The molecule has 8 heteroatoms. The number of nitrogens with zero attached hydrogens (tertiary/aromatic N) is 1. The molecule has 1 fully saturated rings. The summed E-state index contributed by atoms with van der Waals surface area (Å²) in [5, 5.41) is 16.6. The SMILES string of the molecule is O=C(C[NH+]1CCC(C(=O)Nc2ccccc2)CC1)Nc1ccccc1[N+](=O)[O-]. The number of anilines is 2. The van der Waals surface area contributed by atoms with Gasteiger partial charge in [-0.25, -0.2) is 0 Å². The van der Waals surface area contributed by atoms with E-state index in [9.17, 15) is 19.7 Å². The third-order valence-electron chi connectivity index (χ3n) is 4.89. The first-order valence-electron chi connectivity index (χ1n) is 9.25. The van der Waals surface area contributed by atoms with E-state index in [1.54, 1.807) is 12.1 Å². The van der Waals surface area contributed by atoms with E-state index in [1.165, 1.54) is 12.1 Å². The normalized spacial score (nSPS) is 18.9. The van der Waals surface area contributed by atoms with Crippen LogP contribution in [0.2, 0.25) is 0 Å². The molecule has 8 nitrogen and oxygen atoms in total. The molecule has 1 saturated heterocycles. The van der Waals surface area contributed by atoms with Crippen LogP contribution >= 0.6 is 0 Å². The van der Waals surface area contributed by atoms with Crippen LogP contribution in [0, 0.1) is 16.0 Å². The van der Waals surface area contributed by atoms with Gasteiger partial charge in [-0.1, -0.05) is 30.3 Å². The van der Waals surface area contributed by atoms with Crippen LogP contribution in [0.15, 0.2) is 54.6 Å². The molecule has 3 rings (SSSR count). The molecule has 1 aliphatic rings. The molecule has 2 aromatic rings. The number of likely N-dealkylation sites (tertiary alicyclic amines) is 1. The summed E-state index contributed by atoms with van der Waals surface area (Å²) in [6.45, 7) is 1.63. The molecule has 0 radical (unpaired) electrons. The fraction of sp³-hybridized carbons (Fsp3) is 0.300. The minimum absolute atomic E-state index is 0.00890. The monoisotopic (exact) mass is 383 g/mol. The second kappa shape index (κ2) is 9.09. The highest BCUT2D eigenvalue weighted by Crippen LogP contribution is 2.22. The molecular weight excluding hydrogens is 360 g/mol. The first kappa shape index (κ1) is 19.5. The summed E-state index contributed by atoms with van der Waals surface area (Å²) in [4.78, 5) is 36.2. The number of nitro groups is 1. The highest BCUT2D eigenvalue weighted by atomic mass is 16.6. The minimum atomic E-state index is -0.515. The van der Waals surface area contributed by atoms with Crippen molar-refractivity contribution >= 4 is 28.9 Å². The Bertz CT molecular complexity index is 848. The molecule has 0 atom stereocenters. The number of piperidine rings is 1. The minimum Gasteiger partial charge on any atom is -0.327 e. The number of benzene rings is 2. The van der Waals surface area contributed by atoms with Crippen molar-refractivity contribution in [1.82, 2.24) is 0 Å². The zero-order chi connectivity index (χ0) is 19.9. The van der Waals surface area contributed by atoms with Gasteiger partial charge >= 0.3 is 0 Å².